The van der Waals surface area contributed by atoms with Gasteiger partial charge in [-0.2, -0.15) is 0 Å². The van der Waals surface area contributed by atoms with Crippen LogP contribution in [0, 0.1) is 11.3 Å². The minimum absolute atomic E-state index is 0.00141. The van der Waals surface area contributed by atoms with Crippen LogP contribution in [0.3, 0.4) is 0 Å². The average molecular weight is 558 g/mol. The summed E-state index contributed by atoms with van der Waals surface area (Å²) < 4.78 is 27.9. The van der Waals surface area contributed by atoms with E-state index in [1.807, 2.05) is 0 Å². The van der Waals surface area contributed by atoms with Gasteiger partial charge in [0.2, 0.25) is 23.6 Å². The van der Waals surface area contributed by atoms with E-state index in [1.165, 1.54) is 0 Å². The summed E-state index contributed by atoms with van der Waals surface area (Å²) in [6.45, 7) is 6.98. The number of rotatable bonds is 12. The Morgan fingerprint density at radius 1 is 1.08 bits per heavy atom. The lowest BCUT2D eigenvalue weighted by Gasteiger charge is -2.47. The molecule has 3 fully saturated rings. The minimum Gasteiger partial charge on any atom is -0.381 e. The smallest absolute Gasteiger partial charge is 0.253 e. The van der Waals surface area contributed by atoms with E-state index in [0.717, 1.165) is 12.8 Å². The van der Waals surface area contributed by atoms with Crippen LogP contribution in [-0.2, 0) is 24.0 Å². The van der Waals surface area contributed by atoms with Gasteiger partial charge < -0.3 is 31.7 Å². The van der Waals surface area contributed by atoms with Crippen molar-refractivity contribution in [2.24, 2.45) is 11.3 Å². The SMILES string of the molecule is CCC[C@H](NC(=O)C1(NC(=O)C(C)(C)C)CC(F)(F)C1)C(=O)N[C@@H](C[C@@H]1CCNC1=O)C(O)C(=O)NC1CC1. The zero-order valence-corrected chi connectivity index (χ0v) is 23.0. The van der Waals surface area contributed by atoms with E-state index in [4.69, 9.17) is 0 Å². The zero-order chi connectivity index (χ0) is 29.2. The third-order valence-electron chi connectivity index (χ3n) is 7.39. The molecule has 2 aliphatic carbocycles. The van der Waals surface area contributed by atoms with Crippen molar-refractivity contribution >= 4 is 29.5 Å². The number of nitrogens with one attached hydrogen (secondary N) is 5. The molecule has 1 unspecified atom stereocenters. The molecule has 39 heavy (non-hydrogen) atoms. The number of carbonyl (C=O) groups is 5. The van der Waals surface area contributed by atoms with Crippen LogP contribution in [-0.4, -0.2) is 76.9 Å². The Morgan fingerprint density at radius 2 is 1.72 bits per heavy atom. The maximum Gasteiger partial charge on any atom is 0.253 e. The van der Waals surface area contributed by atoms with Crippen LogP contribution in [0.5, 0.6) is 0 Å². The summed E-state index contributed by atoms with van der Waals surface area (Å²) in [7, 11) is 0. The number of aliphatic hydroxyl groups excluding tert-OH is 1. The Bertz CT molecular complexity index is 972. The van der Waals surface area contributed by atoms with Crippen LogP contribution in [0.15, 0.2) is 0 Å². The summed E-state index contributed by atoms with van der Waals surface area (Å²) in [6.07, 6.45) is -0.794. The fraction of sp³-hybridized carbons (Fsp3) is 0.808. The summed E-state index contributed by atoms with van der Waals surface area (Å²) in [5, 5.41) is 23.7. The fourth-order valence-corrected chi connectivity index (χ4v) is 4.82. The molecule has 0 aromatic carbocycles. The molecule has 0 spiro atoms. The molecular weight excluding hydrogens is 516 g/mol. The van der Waals surface area contributed by atoms with Gasteiger partial charge in [0.1, 0.15) is 11.6 Å². The molecule has 5 amide bonds. The monoisotopic (exact) mass is 557 g/mol. The molecule has 13 heteroatoms. The first-order chi connectivity index (χ1) is 18.1. The maximum atomic E-state index is 13.9. The van der Waals surface area contributed by atoms with Crippen LogP contribution in [0.4, 0.5) is 8.78 Å². The molecule has 4 atom stereocenters. The molecule has 1 saturated heterocycles. The Balaban J connectivity index is 1.74. The van der Waals surface area contributed by atoms with Crippen molar-refractivity contribution in [2.75, 3.05) is 6.54 Å². The predicted octanol–water partition coefficient (Wildman–Crippen LogP) is 0.252. The molecule has 0 aromatic rings. The van der Waals surface area contributed by atoms with Crippen molar-refractivity contribution in [1.82, 2.24) is 26.6 Å². The van der Waals surface area contributed by atoms with Crippen LogP contribution < -0.4 is 26.6 Å². The lowest BCUT2D eigenvalue weighted by molar-refractivity contribution is -0.168. The van der Waals surface area contributed by atoms with Gasteiger partial charge in [-0.3, -0.25) is 24.0 Å². The van der Waals surface area contributed by atoms with Crippen molar-refractivity contribution in [3.8, 4) is 0 Å². The number of halogens is 2. The summed E-state index contributed by atoms with van der Waals surface area (Å²) >= 11 is 0. The fourth-order valence-electron chi connectivity index (χ4n) is 4.82. The quantitative estimate of drug-likeness (QED) is 0.201. The Hall–Kier alpha value is -2.83. The number of carbonyl (C=O) groups excluding carboxylic acids is 5. The van der Waals surface area contributed by atoms with E-state index in [-0.39, 0.29) is 24.8 Å². The van der Waals surface area contributed by atoms with Crippen LogP contribution >= 0.6 is 0 Å². The van der Waals surface area contributed by atoms with Crippen molar-refractivity contribution in [1.29, 1.82) is 0 Å². The molecule has 0 radical (unpaired) electrons. The highest BCUT2D eigenvalue weighted by molar-refractivity contribution is 5.97. The second-order valence-electron chi connectivity index (χ2n) is 12.2. The van der Waals surface area contributed by atoms with Gasteiger partial charge in [0, 0.05) is 36.8 Å². The second-order valence-corrected chi connectivity index (χ2v) is 12.2. The lowest BCUT2D eigenvalue weighted by Crippen LogP contribution is -2.71. The van der Waals surface area contributed by atoms with Crippen molar-refractivity contribution < 1.29 is 37.9 Å². The molecule has 3 aliphatic rings. The molecular formula is C26H41F2N5O6. The van der Waals surface area contributed by atoms with E-state index < -0.39 is 77.5 Å². The van der Waals surface area contributed by atoms with Crippen molar-refractivity contribution in [3.05, 3.63) is 0 Å². The minimum atomic E-state index is -3.14. The zero-order valence-electron chi connectivity index (χ0n) is 23.0. The third-order valence-corrected chi connectivity index (χ3v) is 7.39. The molecule has 0 aromatic heterocycles. The van der Waals surface area contributed by atoms with E-state index in [9.17, 15) is 37.9 Å². The van der Waals surface area contributed by atoms with Gasteiger partial charge in [-0.05, 0) is 32.1 Å². The second kappa shape index (κ2) is 11.7. The highest BCUT2D eigenvalue weighted by Gasteiger charge is 2.62. The number of alkyl halides is 2. The van der Waals surface area contributed by atoms with Crippen molar-refractivity contribution in [2.45, 2.75) is 115 Å². The first-order valence-electron chi connectivity index (χ1n) is 13.6. The predicted molar refractivity (Wildman–Crippen MR) is 136 cm³/mol. The van der Waals surface area contributed by atoms with Gasteiger partial charge in [-0.25, -0.2) is 8.78 Å². The Morgan fingerprint density at radius 3 is 2.21 bits per heavy atom. The van der Waals surface area contributed by atoms with Crippen LogP contribution in [0.1, 0.15) is 79.1 Å². The highest BCUT2D eigenvalue weighted by Crippen LogP contribution is 2.46. The summed E-state index contributed by atoms with van der Waals surface area (Å²) in [5.41, 5.74) is -2.81. The van der Waals surface area contributed by atoms with Gasteiger partial charge in [0.05, 0.1) is 6.04 Å². The lowest BCUT2D eigenvalue weighted by atomic mass is 9.71. The van der Waals surface area contributed by atoms with Gasteiger partial charge in [0.15, 0.2) is 6.10 Å². The van der Waals surface area contributed by atoms with Crippen molar-refractivity contribution in [3.63, 3.8) is 0 Å². The van der Waals surface area contributed by atoms with Gasteiger partial charge >= 0.3 is 0 Å². The van der Waals surface area contributed by atoms with E-state index in [2.05, 4.69) is 26.6 Å². The maximum absolute atomic E-state index is 13.9. The number of aliphatic hydroxyl groups is 1. The average Bonchev–Trinajstić information content (AvgIpc) is 3.54. The van der Waals surface area contributed by atoms with Crippen LogP contribution in [0.25, 0.3) is 0 Å². The molecule has 6 N–H and O–H groups in total. The van der Waals surface area contributed by atoms with E-state index in [0.29, 0.717) is 19.4 Å². The highest BCUT2D eigenvalue weighted by atomic mass is 19.3. The molecule has 220 valence electrons. The molecule has 11 nitrogen and oxygen atoms in total. The standard InChI is InChI=1S/C26H41F2N5O6/c1-5-6-16(32-23(39)25(12-26(27,28)13-25)33-22(38)24(2,3)4)20(36)31-17(11-14-9-10-29-19(14)35)18(34)21(37)30-15-7-8-15/h14-18,34H,5-13H2,1-4H3,(H,29,35)(H,30,37)(H,31,36)(H,32,39)(H,33,38)/t14-,16-,17-,18?/m0/s1. The van der Waals surface area contributed by atoms with E-state index in [1.54, 1.807) is 27.7 Å². The largest absolute Gasteiger partial charge is 0.381 e. The third kappa shape index (κ3) is 7.86. The van der Waals surface area contributed by atoms with E-state index >= 15 is 0 Å². The molecule has 2 saturated carbocycles. The molecule has 3 rings (SSSR count). The molecule has 1 aliphatic heterocycles. The van der Waals surface area contributed by atoms with Gasteiger partial charge in [-0.1, -0.05) is 34.1 Å². The summed E-state index contributed by atoms with van der Waals surface area (Å²) in [4.78, 5) is 63.9. The first-order valence-corrected chi connectivity index (χ1v) is 13.6. The molecule has 1 heterocycles. The number of hydrogen-bond donors (Lipinski definition) is 6. The summed E-state index contributed by atoms with van der Waals surface area (Å²) in [5.74, 6) is -6.79. The number of hydrogen-bond acceptors (Lipinski definition) is 6. The topological polar surface area (TPSA) is 166 Å². The molecule has 0 bridgehead atoms. The number of amides is 5. The van der Waals surface area contributed by atoms with Crippen LogP contribution in [0.2, 0.25) is 0 Å². The first kappa shape index (κ1) is 30.7. The van der Waals surface area contributed by atoms with Gasteiger partial charge in [0.25, 0.3) is 11.8 Å². The summed E-state index contributed by atoms with van der Waals surface area (Å²) in [6, 6.07) is -2.34. The normalized spacial score (nSPS) is 23.9. The Labute approximate surface area is 227 Å². The van der Waals surface area contributed by atoms with Gasteiger partial charge in [-0.15, -0.1) is 0 Å². The Kier molecular flexibility index (Phi) is 9.24.